The van der Waals surface area contributed by atoms with Gasteiger partial charge in [-0.25, -0.2) is 24.2 Å². The number of hydrogen-bond acceptors (Lipinski definition) is 5. The molecule has 9 heteroatoms. The van der Waals surface area contributed by atoms with E-state index in [9.17, 15) is 4.39 Å². The van der Waals surface area contributed by atoms with Gasteiger partial charge in [-0.05, 0) is 36.6 Å². The van der Waals surface area contributed by atoms with Gasteiger partial charge in [-0.1, -0.05) is 12.1 Å². The molecule has 5 aromatic rings. The maximum absolute atomic E-state index is 14.7. The van der Waals surface area contributed by atoms with Gasteiger partial charge in [0, 0.05) is 55.7 Å². The van der Waals surface area contributed by atoms with Crippen LogP contribution in [-0.4, -0.2) is 42.9 Å². The number of pyridine rings is 1. The minimum atomic E-state index is -0.572. The number of piperidine rings is 1. The minimum absolute atomic E-state index is 0.0174. The number of nitrogens with two attached hydrogens (primary N) is 1. The van der Waals surface area contributed by atoms with Crippen molar-refractivity contribution in [2.24, 2.45) is 5.73 Å². The highest BCUT2D eigenvalue weighted by Crippen LogP contribution is 2.38. The number of imidazole rings is 2. The summed E-state index contributed by atoms with van der Waals surface area (Å²) in [4.78, 5) is 19.6. The summed E-state index contributed by atoms with van der Waals surface area (Å²) in [6.45, 7) is 8.77. The van der Waals surface area contributed by atoms with Gasteiger partial charge >= 0.3 is 0 Å². The first-order valence-electron chi connectivity index (χ1n) is 11.1. The second kappa shape index (κ2) is 7.93. The molecule has 6 rings (SSSR count). The number of benzene rings is 1. The van der Waals surface area contributed by atoms with Gasteiger partial charge in [-0.2, -0.15) is 0 Å². The Balaban J connectivity index is 1.63. The fraction of sp³-hybridized carbons (Fsp3) is 0.200. The number of fused-ring (bicyclic) bond motifs is 2. The summed E-state index contributed by atoms with van der Waals surface area (Å²) in [5.74, 6) is 0.173. The fourth-order valence-electron chi connectivity index (χ4n) is 4.57. The lowest BCUT2D eigenvalue weighted by molar-refractivity contribution is 0.494. The molecular weight excluding hydrogens is 431 g/mol. The molecule has 1 aliphatic heterocycles. The number of halogens is 1. The Morgan fingerprint density at radius 1 is 1.00 bits per heavy atom. The molecule has 0 unspecified atom stereocenters. The summed E-state index contributed by atoms with van der Waals surface area (Å²) in [6.07, 6.45) is 11.0. The van der Waals surface area contributed by atoms with E-state index in [0.29, 0.717) is 11.3 Å². The maximum Gasteiger partial charge on any atom is 0.222 e. The van der Waals surface area contributed by atoms with Crippen molar-refractivity contribution in [2.75, 3.05) is 18.0 Å². The van der Waals surface area contributed by atoms with E-state index >= 15 is 0 Å². The van der Waals surface area contributed by atoms with Crippen LogP contribution in [0.5, 0.6) is 0 Å². The summed E-state index contributed by atoms with van der Waals surface area (Å²) in [5.41, 5.74) is 10.5. The van der Waals surface area contributed by atoms with Gasteiger partial charge in [0.15, 0.2) is 0 Å². The van der Waals surface area contributed by atoms with E-state index in [-0.39, 0.29) is 11.7 Å². The highest BCUT2D eigenvalue weighted by molar-refractivity contribution is 5.92. The van der Waals surface area contributed by atoms with Crippen LogP contribution in [0, 0.1) is 12.4 Å². The molecule has 0 spiro atoms. The average molecular weight is 452 g/mol. The first kappa shape index (κ1) is 20.3. The van der Waals surface area contributed by atoms with Crippen molar-refractivity contribution in [3.63, 3.8) is 0 Å². The molecule has 1 aromatic carbocycles. The fourth-order valence-corrected chi connectivity index (χ4v) is 4.57. The van der Waals surface area contributed by atoms with E-state index in [4.69, 9.17) is 17.3 Å². The van der Waals surface area contributed by atoms with E-state index in [2.05, 4.69) is 19.7 Å². The highest BCUT2D eigenvalue weighted by atomic mass is 19.1. The predicted octanol–water partition coefficient (Wildman–Crippen LogP) is 4.33. The molecule has 1 fully saturated rings. The molecule has 0 radical (unpaired) electrons. The van der Waals surface area contributed by atoms with Crippen molar-refractivity contribution in [1.82, 2.24) is 23.8 Å². The van der Waals surface area contributed by atoms with E-state index in [1.165, 1.54) is 12.1 Å². The Bertz CT molecular complexity index is 1570. The number of hydrogen-bond donors (Lipinski definition) is 1. The largest absolute Gasteiger partial charge is 0.342 e. The lowest BCUT2D eigenvalue weighted by Gasteiger charge is -2.32. The van der Waals surface area contributed by atoms with Crippen LogP contribution >= 0.6 is 0 Å². The van der Waals surface area contributed by atoms with Crippen molar-refractivity contribution in [2.45, 2.75) is 18.9 Å². The normalized spacial score (nSPS) is 14.7. The average Bonchev–Trinajstić information content (AvgIpc) is 3.53. The van der Waals surface area contributed by atoms with E-state index in [0.717, 1.165) is 54.3 Å². The third-order valence-electron chi connectivity index (χ3n) is 6.38. The molecule has 0 bridgehead atoms. The first-order valence-corrected chi connectivity index (χ1v) is 11.1. The Labute approximate surface area is 194 Å². The molecular formula is C25H21FN8. The van der Waals surface area contributed by atoms with Crippen molar-refractivity contribution >= 4 is 22.9 Å². The molecule has 5 heterocycles. The van der Waals surface area contributed by atoms with Crippen molar-refractivity contribution < 1.29 is 4.39 Å². The first-order chi connectivity index (χ1) is 16.6. The molecule has 0 atom stereocenters. The van der Waals surface area contributed by atoms with Crippen LogP contribution in [0.15, 0.2) is 61.3 Å². The molecule has 4 aromatic heterocycles. The highest BCUT2D eigenvalue weighted by Gasteiger charge is 2.24. The zero-order valence-electron chi connectivity index (χ0n) is 18.3. The number of aromatic nitrogens is 5. The zero-order valence-corrected chi connectivity index (χ0v) is 18.3. The van der Waals surface area contributed by atoms with Gasteiger partial charge in [0.25, 0.3) is 0 Å². The topological polar surface area (TPSA) is 81.1 Å². The molecule has 2 N–H and O–H groups in total. The van der Waals surface area contributed by atoms with Crippen molar-refractivity contribution in [3.05, 3.63) is 78.6 Å². The number of nitrogens with zero attached hydrogens (tertiary/aromatic N) is 7. The smallest absolute Gasteiger partial charge is 0.222 e. The summed E-state index contributed by atoms with van der Waals surface area (Å²) in [5, 5.41) is 0. The SMILES string of the molecule is [C-]#[N+]c1ccc(-c2nc(N3CCC(N)CC3)n3ccnc3c2-c2ccn3ccnc3c2)cc1F. The molecule has 168 valence electrons. The summed E-state index contributed by atoms with van der Waals surface area (Å²) >= 11 is 0. The Hall–Kier alpha value is -4.29. The second-order valence-electron chi connectivity index (χ2n) is 8.47. The zero-order chi connectivity index (χ0) is 23.2. The van der Waals surface area contributed by atoms with Gasteiger partial charge in [0.2, 0.25) is 11.6 Å². The molecule has 1 saturated heterocycles. The van der Waals surface area contributed by atoms with Crippen LogP contribution in [0.2, 0.25) is 0 Å². The summed E-state index contributed by atoms with van der Waals surface area (Å²) in [6, 6.07) is 8.75. The molecule has 34 heavy (non-hydrogen) atoms. The number of anilines is 1. The molecule has 0 aliphatic carbocycles. The van der Waals surface area contributed by atoms with Gasteiger partial charge in [0.1, 0.15) is 17.1 Å². The Morgan fingerprint density at radius 3 is 2.62 bits per heavy atom. The summed E-state index contributed by atoms with van der Waals surface area (Å²) < 4.78 is 18.6. The van der Waals surface area contributed by atoms with Crippen molar-refractivity contribution in [3.8, 4) is 22.4 Å². The Kier molecular flexibility index (Phi) is 4.74. The monoisotopic (exact) mass is 452 g/mol. The molecule has 1 aliphatic rings. The van der Waals surface area contributed by atoms with Crippen LogP contribution < -0.4 is 10.6 Å². The molecule has 8 nitrogen and oxygen atoms in total. The summed E-state index contributed by atoms with van der Waals surface area (Å²) in [7, 11) is 0. The lowest BCUT2D eigenvalue weighted by atomic mass is 10.00. The van der Waals surface area contributed by atoms with Gasteiger partial charge < -0.3 is 15.0 Å². The lowest BCUT2D eigenvalue weighted by Crippen LogP contribution is -2.40. The Morgan fingerprint density at radius 2 is 1.82 bits per heavy atom. The van der Waals surface area contributed by atoms with E-state index in [1.807, 2.05) is 39.5 Å². The van der Waals surface area contributed by atoms with Gasteiger partial charge in [-0.3, -0.25) is 4.40 Å². The van der Waals surface area contributed by atoms with Crippen LogP contribution in [0.3, 0.4) is 0 Å². The van der Waals surface area contributed by atoms with E-state index in [1.54, 1.807) is 18.5 Å². The standard InChI is InChI=1S/C25H21FN8/c1-28-20-3-2-17(14-19(20)26)23-22(16-4-9-32-12-7-29-21(32)15-16)24-30-8-13-34(24)25(31-23)33-10-5-18(27)6-11-33/h2-4,7-9,12-15,18H,5-6,10-11,27H2. The third kappa shape index (κ3) is 3.27. The van der Waals surface area contributed by atoms with Gasteiger partial charge in [-0.15, -0.1) is 0 Å². The third-order valence-corrected chi connectivity index (χ3v) is 6.38. The molecule has 0 amide bonds. The maximum atomic E-state index is 14.7. The van der Waals surface area contributed by atoms with Crippen LogP contribution in [-0.2, 0) is 0 Å². The predicted molar refractivity (Wildman–Crippen MR) is 128 cm³/mol. The molecule has 0 saturated carbocycles. The van der Waals surface area contributed by atoms with Crippen LogP contribution in [0.25, 0.3) is 38.5 Å². The van der Waals surface area contributed by atoms with E-state index < -0.39 is 5.82 Å². The number of rotatable bonds is 3. The van der Waals surface area contributed by atoms with Gasteiger partial charge in [0.05, 0.1) is 17.8 Å². The van der Waals surface area contributed by atoms with Crippen molar-refractivity contribution in [1.29, 1.82) is 0 Å². The van der Waals surface area contributed by atoms with Crippen LogP contribution in [0.1, 0.15) is 12.8 Å². The van der Waals surface area contributed by atoms with Crippen LogP contribution in [0.4, 0.5) is 16.0 Å². The quantitative estimate of drug-likeness (QED) is 0.412. The second-order valence-corrected chi connectivity index (χ2v) is 8.47. The minimum Gasteiger partial charge on any atom is -0.342 e.